The Morgan fingerprint density at radius 3 is 2.71 bits per heavy atom. The Hall–Kier alpha value is -2.24. The van der Waals surface area contributed by atoms with E-state index in [9.17, 15) is 4.79 Å². The number of carbonyl (C=O) groups excluding carboxylic acids is 1. The molecule has 31 heavy (non-hydrogen) atoms. The minimum atomic E-state index is 0.204. The third-order valence-electron chi connectivity index (χ3n) is 7.20. The van der Waals surface area contributed by atoms with Crippen LogP contribution in [0, 0.1) is 5.92 Å². The molecule has 0 bridgehead atoms. The molecule has 0 unspecified atom stereocenters. The maximum atomic E-state index is 12.4. The van der Waals surface area contributed by atoms with Gasteiger partial charge in [0, 0.05) is 32.1 Å². The molecule has 6 heteroatoms. The number of methoxy groups -OCH3 is 1. The predicted molar refractivity (Wildman–Crippen MR) is 124 cm³/mol. The lowest BCUT2D eigenvalue weighted by Crippen LogP contribution is -2.42. The van der Waals surface area contributed by atoms with Crippen LogP contribution in [0.25, 0.3) is 0 Å². The average Bonchev–Trinajstić information content (AvgIpc) is 3.33. The monoisotopic (exact) mass is 426 g/mol. The summed E-state index contributed by atoms with van der Waals surface area (Å²) < 4.78 is 5.29. The van der Waals surface area contributed by atoms with Crippen LogP contribution in [0.1, 0.15) is 57.4 Å². The van der Waals surface area contributed by atoms with Crippen LogP contribution >= 0.6 is 0 Å². The largest absolute Gasteiger partial charge is 0.497 e. The van der Waals surface area contributed by atoms with Crippen molar-refractivity contribution in [3.63, 3.8) is 0 Å². The van der Waals surface area contributed by atoms with Gasteiger partial charge in [-0.15, -0.1) is 0 Å². The van der Waals surface area contributed by atoms with Gasteiger partial charge in [0.05, 0.1) is 19.7 Å². The fourth-order valence-electron chi connectivity index (χ4n) is 5.31. The Bertz CT molecular complexity index is 757. The van der Waals surface area contributed by atoms with Crippen molar-refractivity contribution in [2.45, 2.75) is 70.4 Å². The molecule has 2 fully saturated rings. The predicted octanol–water partition coefficient (Wildman–Crippen LogP) is 3.46. The Balaban J connectivity index is 1.29. The Kier molecular flexibility index (Phi) is 7.36. The van der Waals surface area contributed by atoms with Crippen molar-refractivity contribution >= 4 is 11.9 Å². The number of guanidine groups is 1. The quantitative estimate of drug-likeness (QED) is 0.657. The van der Waals surface area contributed by atoms with Crippen LogP contribution in [0.5, 0.6) is 5.75 Å². The summed E-state index contributed by atoms with van der Waals surface area (Å²) in [4.78, 5) is 22.0. The minimum absolute atomic E-state index is 0.204. The van der Waals surface area contributed by atoms with Gasteiger partial charge >= 0.3 is 0 Å². The normalized spacial score (nSPS) is 23.6. The van der Waals surface area contributed by atoms with E-state index >= 15 is 0 Å². The minimum Gasteiger partial charge on any atom is -0.497 e. The zero-order chi connectivity index (χ0) is 21.6. The van der Waals surface area contributed by atoms with Gasteiger partial charge in [0.2, 0.25) is 5.91 Å². The SMILES string of the molecule is COc1ccc(C[C@H]2CN3C(=NC[C@@H]3C)N2CCNC(=O)CCC2CCCCC2)cc1. The number of nitrogens with zero attached hydrogens (tertiary/aromatic N) is 3. The first kappa shape index (κ1) is 22.0. The lowest BCUT2D eigenvalue weighted by atomic mass is 9.86. The van der Waals surface area contributed by atoms with Crippen LogP contribution in [0.3, 0.4) is 0 Å². The van der Waals surface area contributed by atoms with E-state index in [-0.39, 0.29) is 5.91 Å². The van der Waals surface area contributed by atoms with Crippen molar-refractivity contribution in [2.24, 2.45) is 10.9 Å². The number of nitrogens with one attached hydrogen (secondary N) is 1. The summed E-state index contributed by atoms with van der Waals surface area (Å²) in [5.74, 6) is 2.97. The molecule has 6 nitrogen and oxygen atoms in total. The number of hydrogen-bond acceptors (Lipinski definition) is 5. The number of carbonyl (C=O) groups is 1. The molecule has 1 aromatic rings. The fraction of sp³-hybridized carbons (Fsp3) is 0.680. The summed E-state index contributed by atoms with van der Waals surface area (Å²) in [7, 11) is 1.70. The molecule has 170 valence electrons. The summed E-state index contributed by atoms with van der Waals surface area (Å²) in [6.45, 7) is 5.62. The van der Waals surface area contributed by atoms with E-state index in [4.69, 9.17) is 9.73 Å². The average molecular weight is 427 g/mol. The first-order valence-corrected chi connectivity index (χ1v) is 12.1. The standard InChI is InChI=1S/C25H38N4O2/c1-19-17-27-25-28(15-14-26-24(30)13-10-20-6-4-3-5-7-20)22(18-29(19)25)16-21-8-11-23(31-2)12-9-21/h8-9,11-12,19-20,22H,3-7,10,13-18H2,1-2H3,(H,26,30)/t19-,22-/m0/s1. The fourth-order valence-corrected chi connectivity index (χ4v) is 5.31. The highest BCUT2D eigenvalue weighted by Crippen LogP contribution is 2.28. The molecule has 2 aliphatic heterocycles. The Labute approximate surface area is 187 Å². The van der Waals surface area contributed by atoms with Gasteiger partial charge in [-0.05, 0) is 43.4 Å². The molecule has 2 atom stereocenters. The molecular formula is C25H38N4O2. The number of ether oxygens (including phenoxy) is 1. The molecule has 0 radical (unpaired) electrons. The summed E-state index contributed by atoms with van der Waals surface area (Å²) >= 11 is 0. The summed E-state index contributed by atoms with van der Waals surface area (Å²) in [5, 5.41) is 3.17. The molecule has 1 aromatic carbocycles. The maximum absolute atomic E-state index is 12.4. The van der Waals surface area contributed by atoms with Gasteiger partial charge in [-0.25, -0.2) is 0 Å². The zero-order valence-electron chi connectivity index (χ0n) is 19.2. The van der Waals surface area contributed by atoms with E-state index < -0.39 is 0 Å². The smallest absolute Gasteiger partial charge is 0.220 e. The lowest BCUT2D eigenvalue weighted by Gasteiger charge is -2.25. The van der Waals surface area contributed by atoms with E-state index in [0.717, 1.165) is 50.1 Å². The number of amides is 1. The van der Waals surface area contributed by atoms with Crippen molar-refractivity contribution in [2.75, 3.05) is 33.3 Å². The van der Waals surface area contributed by atoms with Gasteiger partial charge in [0.25, 0.3) is 0 Å². The van der Waals surface area contributed by atoms with E-state index in [1.54, 1.807) is 7.11 Å². The van der Waals surface area contributed by atoms with Crippen LogP contribution in [0.2, 0.25) is 0 Å². The Morgan fingerprint density at radius 2 is 1.97 bits per heavy atom. The molecule has 0 spiro atoms. The summed E-state index contributed by atoms with van der Waals surface area (Å²) in [6.07, 6.45) is 9.36. The number of benzene rings is 1. The van der Waals surface area contributed by atoms with E-state index in [0.29, 0.717) is 25.0 Å². The van der Waals surface area contributed by atoms with Gasteiger partial charge in [-0.3, -0.25) is 9.79 Å². The molecular weight excluding hydrogens is 388 g/mol. The number of hydrogen-bond donors (Lipinski definition) is 1. The van der Waals surface area contributed by atoms with Gasteiger partial charge in [0.15, 0.2) is 5.96 Å². The van der Waals surface area contributed by atoms with Crippen molar-refractivity contribution in [3.05, 3.63) is 29.8 Å². The highest BCUT2D eigenvalue weighted by Gasteiger charge is 2.40. The summed E-state index contributed by atoms with van der Waals surface area (Å²) in [5.41, 5.74) is 1.31. The Morgan fingerprint density at radius 1 is 1.19 bits per heavy atom. The lowest BCUT2D eigenvalue weighted by molar-refractivity contribution is -0.121. The molecule has 1 N–H and O–H groups in total. The van der Waals surface area contributed by atoms with Gasteiger partial charge in [0.1, 0.15) is 5.75 Å². The van der Waals surface area contributed by atoms with E-state index in [2.05, 4.69) is 34.2 Å². The molecule has 3 aliphatic rings. The van der Waals surface area contributed by atoms with Crippen molar-refractivity contribution in [1.82, 2.24) is 15.1 Å². The van der Waals surface area contributed by atoms with Gasteiger partial charge in [-0.2, -0.15) is 0 Å². The highest BCUT2D eigenvalue weighted by atomic mass is 16.5. The van der Waals surface area contributed by atoms with Gasteiger partial charge in [-0.1, -0.05) is 44.2 Å². The summed E-state index contributed by atoms with van der Waals surface area (Å²) in [6, 6.07) is 9.21. The van der Waals surface area contributed by atoms with E-state index in [1.807, 2.05) is 12.1 Å². The third kappa shape index (κ3) is 5.52. The molecule has 0 aromatic heterocycles. The highest BCUT2D eigenvalue weighted by molar-refractivity contribution is 5.84. The van der Waals surface area contributed by atoms with Crippen molar-refractivity contribution < 1.29 is 9.53 Å². The van der Waals surface area contributed by atoms with Crippen LogP contribution in [0.4, 0.5) is 0 Å². The molecule has 2 heterocycles. The van der Waals surface area contributed by atoms with Crippen molar-refractivity contribution in [3.8, 4) is 5.75 Å². The van der Waals surface area contributed by atoms with Gasteiger partial charge < -0.3 is 19.9 Å². The molecule has 4 rings (SSSR count). The molecule has 1 aliphatic carbocycles. The van der Waals surface area contributed by atoms with Crippen LogP contribution in [-0.4, -0.2) is 67.0 Å². The number of fused-ring (bicyclic) bond motifs is 1. The van der Waals surface area contributed by atoms with Crippen LogP contribution in [0.15, 0.2) is 29.3 Å². The number of aliphatic imine (C=N–C) groups is 1. The molecule has 1 saturated carbocycles. The zero-order valence-corrected chi connectivity index (χ0v) is 19.2. The molecule has 1 saturated heterocycles. The molecule has 1 amide bonds. The second-order valence-electron chi connectivity index (χ2n) is 9.43. The first-order chi connectivity index (χ1) is 15.1. The second kappa shape index (κ2) is 10.4. The van der Waals surface area contributed by atoms with Crippen LogP contribution < -0.4 is 10.1 Å². The maximum Gasteiger partial charge on any atom is 0.220 e. The second-order valence-corrected chi connectivity index (χ2v) is 9.43. The third-order valence-corrected chi connectivity index (χ3v) is 7.20. The number of rotatable bonds is 9. The topological polar surface area (TPSA) is 57.2 Å². The van der Waals surface area contributed by atoms with E-state index in [1.165, 1.54) is 37.7 Å². The van der Waals surface area contributed by atoms with Crippen LogP contribution in [-0.2, 0) is 11.2 Å². The first-order valence-electron chi connectivity index (χ1n) is 12.1. The van der Waals surface area contributed by atoms with Crippen molar-refractivity contribution in [1.29, 1.82) is 0 Å².